The molecule has 146 valence electrons. The van der Waals surface area contributed by atoms with Gasteiger partial charge in [0.2, 0.25) is 10.0 Å². The normalized spacial score (nSPS) is 20.3. The first-order chi connectivity index (χ1) is 12.2. The molecule has 0 spiro atoms. The van der Waals surface area contributed by atoms with Crippen molar-refractivity contribution in [1.29, 1.82) is 0 Å². The van der Waals surface area contributed by atoms with Crippen LogP contribution in [-0.4, -0.2) is 36.8 Å². The highest BCUT2D eigenvalue weighted by molar-refractivity contribution is 7.89. The number of nitrogens with zero attached hydrogens (tertiary/aromatic N) is 2. The Bertz CT molecular complexity index is 954. The van der Waals surface area contributed by atoms with Crippen LogP contribution < -0.4 is 5.73 Å². The van der Waals surface area contributed by atoms with Crippen molar-refractivity contribution < 1.29 is 13.3 Å². The molecule has 0 radical (unpaired) electrons. The number of halogens is 2. The van der Waals surface area contributed by atoms with Crippen LogP contribution in [0.4, 0.5) is 5.69 Å². The number of rotatable bonds is 4. The van der Waals surface area contributed by atoms with Crippen LogP contribution in [-0.2, 0) is 10.0 Å². The lowest BCUT2D eigenvalue weighted by molar-refractivity contribution is -0.385. The topological polar surface area (TPSA) is 107 Å². The molecule has 2 aromatic rings. The third-order valence-corrected chi connectivity index (χ3v) is 6.89. The van der Waals surface area contributed by atoms with Crippen LogP contribution in [0.5, 0.6) is 0 Å². The van der Waals surface area contributed by atoms with Crippen LogP contribution in [0, 0.1) is 17.0 Å². The van der Waals surface area contributed by atoms with Crippen molar-refractivity contribution >= 4 is 39.7 Å². The van der Waals surface area contributed by atoms with E-state index in [-0.39, 0.29) is 58.6 Å². The summed E-state index contributed by atoms with van der Waals surface area (Å²) in [6.07, 6.45) is 0. The minimum Gasteiger partial charge on any atom is -0.326 e. The van der Waals surface area contributed by atoms with Gasteiger partial charge in [-0.3, -0.25) is 10.1 Å². The van der Waals surface area contributed by atoms with Crippen molar-refractivity contribution in [2.24, 2.45) is 5.73 Å². The summed E-state index contributed by atoms with van der Waals surface area (Å²) < 4.78 is 27.2. The maximum atomic E-state index is 13.0. The van der Waals surface area contributed by atoms with Crippen LogP contribution in [0.1, 0.15) is 17.0 Å². The largest absolute Gasteiger partial charge is 0.326 e. The minimum absolute atomic E-state index is 0. The predicted octanol–water partition coefficient (Wildman–Crippen LogP) is 3.09. The molecule has 2 aromatic carbocycles. The molecule has 0 saturated carbocycles. The van der Waals surface area contributed by atoms with Gasteiger partial charge in [-0.15, -0.1) is 12.4 Å². The average molecular weight is 432 g/mol. The molecule has 3 rings (SSSR count). The van der Waals surface area contributed by atoms with Crippen LogP contribution in [0.25, 0.3) is 0 Å². The van der Waals surface area contributed by atoms with E-state index >= 15 is 0 Å². The Hall–Kier alpha value is -1.71. The quantitative estimate of drug-likeness (QED) is 0.590. The van der Waals surface area contributed by atoms with E-state index in [0.29, 0.717) is 0 Å². The molecule has 1 heterocycles. The summed E-state index contributed by atoms with van der Waals surface area (Å²) in [5, 5.41) is 11.2. The second kappa shape index (κ2) is 8.12. The van der Waals surface area contributed by atoms with E-state index in [1.54, 1.807) is 0 Å². The van der Waals surface area contributed by atoms with Crippen molar-refractivity contribution in [1.82, 2.24) is 4.31 Å². The zero-order valence-corrected chi connectivity index (χ0v) is 16.8. The molecule has 0 unspecified atom stereocenters. The fourth-order valence-electron chi connectivity index (χ4n) is 3.17. The van der Waals surface area contributed by atoms with Gasteiger partial charge >= 0.3 is 0 Å². The highest BCUT2D eigenvalue weighted by Gasteiger charge is 2.39. The van der Waals surface area contributed by atoms with Gasteiger partial charge in [0.25, 0.3) is 5.69 Å². The van der Waals surface area contributed by atoms with Gasteiger partial charge in [-0.1, -0.05) is 41.9 Å². The summed E-state index contributed by atoms with van der Waals surface area (Å²) in [6.45, 7) is 1.84. The van der Waals surface area contributed by atoms with E-state index in [2.05, 4.69) is 0 Å². The first kappa shape index (κ1) is 21.6. The molecule has 0 bridgehead atoms. The maximum absolute atomic E-state index is 13.0. The highest BCUT2D eigenvalue weighted by atomic mass is 35.5. The summed E-state index contributed by atoms with van der Waals surface area (Å²) in [5.74, 6) is -0.137. The van der Waals surface area contributed by atoms with Gasteiger partial charge in [0.05, 0.1) is 14.8 Å². The first-order valence-corrected chi connectivity index (χ1v) is 9.79. The Balaban J connectivity index is 0.00000261. The van der Waals surface area contributed by atoms with Gasteiger partial charge in [0.15, 0.2) is 0 Å². The zero-order chi connectivity index (χ0) is 19.1. The number of nitrogens with two attached hydrogens (primary N) is 1. The van der Waals surface area contributed by atoms with Gasteiger partial charge in [-0.05, 0) is 18.6 Å². The van der Waals surface area contributed by atoms with Crippen molar-refractivity contribution in [2.45, 2.75) is 23.8 Å². The van der Waals surface area contributed by atoms with E-state index < -0.39 is 14.9 Å². The number of hydrogen-bond donors (Lipinski definition) is 1. The average Bonchev–Trinajstić information content (AvgIpc) is 3.00. The van der Waals surface area contributed by atoms with Crippen molar-refractivity contribution in [3.63, 3.8) is 0 Å². The van der Waals surface area contributed by atoms with Crippen LogP contribution in [0.2, 0.25) is 5.02 Å². The summed E-state index contributed by atoms with van der Waals surface area (Å²) in [7, 11) is -3.94. The van der Waals surface area contributed by atoms with Crippen molar-refractivity contribution in [3.8, 4) is 0 Å². The van der Waals surface area contributed by atoms with Gasteiger partial charge in [0, 0.05) is 36.7 Å². The third kappa shape index (κ3) is 4.09. The lowest BCUT2D eigenvalue weighted by Gasteiger charge is -2.17. The van der Waals surface area contributed by atoms with Crippen LogP contribution in [0.3, 0.4) is 0 Å². The summed E-state index contributed by atoms with van der Waals surface area (Å²) in [6, 6.07) is 11.4. The third-order valence-electron chi connectivity index (χ3n) is 4.68. The fraction of sp³-hybridized carbons (Fsp3) is 0.294. The standard InChI is InChI=1S/C17H18ClN3O4S.ClH/c1-11-15(18)7-13(8-17(11)21(22)23)26(24,25)20-9-14(16(19)10-20)12-5-3-2-4-6-12;/h2-8,14,16H,9-10,19H2,1H3;1H/t14-,16+;/m0./s1. The van der Waals surface area contributed by atoms with E-state index in [1.807, 2.05) is 30.3 Å². The second-order valence-corrected chi connectivity index (χ2v) is 8.65. The summed E-state index contributed by atoms with van der Waals surface area (Å²) in [5.41, 5.74) is 7.04. The van der Waals surface area contributed by atoms with Crippen molar-refractivity contribution in [3.05, 3.63) is 68.7 Å². The van der Waals surface area contributed by atoms with Crippen LogP contribution >= 0.6 is 24.0 Å². The maximum Gasteiger partial charge on any atom is 0.275 e. The molecular formula is C17H19Cl2N3O4S. The van der Waals surface area contributed by atoms with E-state index in [0.717, 1.165) is 11.6 Å². The zero-order valence-electron chi connectivity index (χ0n) is 14.4. The first-order valence-electron chi connectivity index (χ1n) is 7.97. The predicted molar refractivity (Wildman–Crippen MR) is 106 cm³/mol. The molecule has 1 fully saturated rings. The Morgan fingerprint density at radius 3 is 2.44 bits per heavy atom. The van der Waals surface area contributed by atoms with Gasteiger partial charge in [0.1, 0.15) is 0 Å². The molecule has 0 aromatic heterocycles. The number of benzene rings is 2. The SMILES string of the molecule is Cc1c(Cl)cc(S(=O)(=O)N2C[C@@H](N)[C@H](c3ccccc3)C2)cc1[N+](=O)[O-].Cl. The Morgan fingerprint density at radius 1 is 1.22 bits per heavy atom. The number of nitro benzene ring substituents is 1. The molecule has 27 heavy (non-hydrogen) atoms. The monoisotopic (exact) mass is 431 g/mol. The minimum atomic E-state index is -3.94. The molecular weight excluding hydrogens is 413 g/mol. The second-order valence-electron chi connectivity index (χ2n) is 6.31. The van der Waals surface area contributed by atoms with E-state index in [1.165, 1.54) is 17.3 Å². The molecule has 1 aliphatic rings. The Morgan fingerprint density at radius 2 is 1.85 bits per heavy atom. The molecule has 10 heteroatoms. The number of hydrogen-bond acceptors (Lipinski definition) is 5. The van der Waals surface area contributed by atoms with Crippen LogP contribution in [0.15, 0.2) is 47.4 Å². The molecule has 7 nitrogen and oxygen atoms in total. The summed E-state index contributed by atoms with van der Waals surface area (Å²) >= 11 is 6.02. The Kier molecular flexibility index (Phi) is 6.49. The number of sulfonamides is 1. The lowest BCUT2D eigenvalue weighted by Crippen LogP contribution is -2.32. The van der Waals surface area contributed by atoms with Gasteiger partial charge in [-0.2, -0.15) is 4.31 Å². The van der Waals surface area contributed by atoms with Gasteiger partial charge in [-0.25, -0.2) is 8.42 Å². The molecule has 1 saturated heterocycles. The molecule has 0 amide bonds. The van der Waals surface area contributed by atoms with Gasteiger partial charge < -0.3 is 5.73 Å². The fourth-order valence-corrected chi connectivity index (χ4v) is 5.00. The molecule has 2 N–H and O–H groups in total. The van der Waals surface area contributed by atoms with E-state index in [9.17, 15) is 18.5 Å². The van der Waals surface area contributed by atoms with Crippen molar-refractivity contribution in [2.75, 3.05) is 13.1 Å². The molecule has 2 atom stereocenters. The lowest BCUT2D eigenvalue weighted by atomic mass is 9.95. The Labute approximate surface area is 168 Å². The highest BCUT2D eigenvalue weighted by Crippen LogP contribution is 2.34. The molecule has 0 aliphatic carbocycles. The number of nitro groups is 1. The van der Waals surface area contributed by atoms with E-state index in [4.69, 9.17) is 17.3 Å². The molecule has 1 aliphatic heterocycles. The summed E-state index contributed by atoms with van der Waals surface area (Å²) in [4.78, 5) is 10.4. The smallest absolute Gasteiger partial charge is 0.275 e.